The maximum absolute atomic E-state index is 6.13. The van der Waals surface area contributed by atoms with Crippen molar-refractivity contribution in [1.29, 1.82) is 0 Å². The van der Waals surface area contributed by atoms with Gasteiger partial charge in [0, 0.05) is 25.2 Å². The highest BCUT2D eigenvalue weighted by molar-refractivity contribution is 6.59. The van der Waals surface area contributed by atoms with Crippen molar-refractivity contribution in [2.75, 3.05) is 26.4 Å². The standard InChI is InChI=1S/C12H26O4Si/c1-6-12(9-13-10-12)11(4)16-17(5,14-7-2)15-8-3/h11H,6-10H2,1-5H3. The van der Waals surface area contributed by atoms with Gasteiger partial charge in [-0.1, -0.05) is 6.92 Å². The van der Waals surface area contributed by atoms with Crippen molar-refractivity contribution in [1.82, 2.24) is 0 Å². The summed E-state index contributed by atoms with van der Waals surface area (Å²) >= 11 is 0. The van der Waals surface area contributed by atoms with Crippen molar-refractivity contribution in [3.05, 3.63) is 0 Å². The Balaban J connectivity index is 2.59. The molecule has 1 fully saturated rings. The maximum Gasteiger partial charge on any atom is 0.497 e. The summed E-state index contributed by atoms with van der Waals surface area (Å²) in [4.78, 5) is 0. The third-order valence-corrected chi connectivity index (χ3v) is 5.96. The molecule has 0 saturated carbocycles. The average Bonchev–Trinajstić information content (AvgIpc) is 2.16. The molecule has 0 spiro atoms. The minimum Gasteiger partial charge on any atom is -0.380 e. The Kier molecular flexibility index (Phi) is 5.59. The summed E-state index contributed by atoms with van der Waals surface area (Å²) in [6, 6.07) is 0. The van der Waals surface area contributed by atoms with E-state index in [1.165, 1.54) is 0 Å². The van der Waals surface area contributed by atoms with E-state index in [2.05, 4.69) is 13.8 Å². The highest BCUT2D eigenvalue weighted by Gasteiger charge is 2.47. The van der Waals surface area contributed by atoms with Crippen LogP contribution in [0.5, 0.6) is 0 Å². The van der Waals surface area contributed by atoms with Gasteiger partial charge >= 0.3 is 8.80 Å². The van der Waals surface area contributed by atoms with Gasteiger partial charge in [0.15, 0.2) is 0 Å². The molecule has 1 heterocycles. The molecule has 102 valence electrons. The first kappa shape index (κ1) is 15.1. The number of ether oxygens (including phenoxy) is 1. The van der Waals surface area contributed by atoms with Gasteiger partial charge in [-0.25, -0.2) is 0 Å². The van der Waals surface area contributed by atoms with Crippen LogP contribution in [0.15, 0.2) is 0 Å². The molecular formula is C12H26O4Si. The Labute approximate surface area is 106 Å². The lowest BCUT2D eigenvalue weighted by Gasteiger charge is -2.47. The molecular weight excluding hydrogens is 236 g/mol. The van der Waals surface area contributed by atoms with Gasteiger partial charge in [-0.2, -0.15) is 0 Å². The van der Waals surface area contributed by atoms with Gasteiger partial charge in [0.25, 0.3) is 0 Å². The molecule has 17 heavy (non-hydrogen) atoms. The molecule has 1 rings (SSSR count). The maximum atomic E-state index is 6.13. The van der Waals surface area contributed by atoms with Crippen molar-refractivity contribution in [3.8, 4) is 0 Å². The molecule has 1 unspecified atom stereocenters. The summed E-state index contributed by atoms with van der Waals surface area (Å²) in [5.74, 6) is 0. The van der Waals surface area contributed by atoms with E-state index in [1.54, 1.807) is 0 Å². The van der Waals surface area contributed by atoms with E-state index in [1.807, 2.05) is 20.4 Å². The van der Waals surface area contributed by atoms with Crippen LogP contribution in [0, 0.1) is 5.41 Å². The lowest BCUT2D eigenvalue weighted by Crippen LogP contribution is -2.56. The summed E-state index contributed by atoms with van der Waals surface area (Å²) in [6.45, 7) is 13.0. The van der Waals surface area contributed by atoms with Crippen molar-refractivity contribution < 1.29 is 18.0 Å². The zero-order chi connectivity index (χ0) is 12.9. The van der Waals surface area contributed by atoms with Crippen LogP contribution in [0.2, 0.25) is 6.55 Å². The van der Waals surface area contributed by atoms with Crippen LogP contribution in [0.3, 0.4) is 0 Å². The summed E-state index contributed by atoms with van der Waals surface area (Å²) in [5.41, 5.74) is 0.155. The van der Waals surface area contributed by atoms with Crippen LogP contribution in [0.4, 0.5) is 0 Å². The minimum absolute atomic E-state index is 0.121. The molecule has 0 aromatic heterocycles. The molecule has 0 aliphatic carbocycles. The van der Waals surface area contributed by atoms with Crippen LogP contribution >= 0.6 is 0 Å². The number of hydrogen-bond donors (Lipinski definition) is 0. The van der Waals surface area contributed by atoms with Crippen LogP contribution in [-0.4, -0.2) is 41.3 Å². The van der Waals surface area contributed by atoms with Crippen molar-refractivity contribution in [2.45, 2.75) is 46.8 Å². The summed E-state index contributed by atoms with van der Waals surface area (Å²) in [5, 5.41) is 0. The van der Waals surface area contributed by atoms with E-state index in [0.717, 1.165) is 19.6 Å². The molecule has 0 N–H and O–H groups in total. The van der Waals surface area contributed by atoms with Gasteiger partial charge in [-0.15, -0.1) is 0 Å². The van der Waals surface area contributed by atoms with Crippen LogP contribution in [0.1, 0.15) is 34.1 Å². The second-order valence-corrected chi connectivity index (χ2v) is 7.24. The van der Waals surface area contributed by atoms with E-state index in [0.29, 0.717) is 13.2 Å². The van der Waals surface area contributed by atoms with Crippen molar-refractivity contribution in [2.24, 2.45) is 5.41 Å². The van der Waals surface area contributed by atoms with Gasteiger partial charge in [0.05, 0.1) is 19.3 Å². The van der Waals surface area contributed by atoms with Crippen LogP contribution < -0.4 is 0 Å². The average molecular weight is 262 g/mol. The number of rotatable bonds is 8. The topological polar surface area (TPSA) is 36.9 Å². The summed E-state index contributed by atoms with van der Waals surface area (Å²) in [6.07, 6.45) is 1.19. The fourth-order valence-electron chi connectivity index (χ4n) is 2.17. The Morgan fingerprint density at radius 1 is 1.18 bits per heavy atom. The molecule has 0 radical (unpaired) electrons. The molecule has 4 nitrogen and oxygen atoms in total. The summed E-state index contributed by atoms with van der Waals surface area (Å²) < 4.78 is 22.9. The van der Waals surface area contributed by atoms with E-state index in [9.17, 15) is 0 Å². The zero-order valence-corrected chi connectivity index (χ0v) is 12.7. The largest absolute Gasteiger partial charge is 0.497 e. The monoisotopic (exact) mass is 262 g/mol. The van der Waals surface area contributed by atoms with Gasteiger partial charge in [0.2, 0.25) is 0 Å². The quantitative estimate of drug-likeness (QED) is 0.630. The highest BCUT2D eigenvalue weighted by Crippen LogP contribution is 2.37. The van der Waals surface area contributed by atoms with Crippen molar-refractivity contribution >= 4 is 8.80 Å². The Hall–Kier alpha value is 0.0569. The van der Waals surface area contributed by atoms with E-state index >= 15 is 0 Å². The lowest BCUT2D eigenvalue weighted by atomic mass is 9.78. The van der Waals surface area contributed by atoms with Crippen LogP contribution in [0.25, 0.3) is 0 Å². The molecule has 1 aliphatic heterocycles. The zero-order valence-electron chi connectivity index (χ0n) is 11.7. The summed E-state index contributed by atoms with van der Waals surface area (Å²) in [7, 11) is -2.48. The molecule has 0 amide bonds. The smallest absolute Gasteiger partial charge is 0.380 e. The normalized spacial score (nSPS) is 21.0. The molecule has 0 aromatic carbocycles. The Morgan fingerprint density at radius 2 is 1.71 bits per heavy atom. The first-order valence-electron chi connectivity index (χ1n) is 6.55. The van der Waals surface area contributed by atoms with Gasteiger partial charge in [0.1, 0.15) is 0 Å². The molecule has 1 aliphatic rings. The molecule has 0 bridgehead atoms. The molecule has 1 atom stereocenters. The minimum atomic E-state index is -2.48. The third-order valence-electron chi connectivity index (χ3n) is 3.55. The fraction of sp³-hybridized carbons (Fsp3) is 1.00. The Morgan fingerprint density at radius 3 is 2.00 bits per heavy atom. The van der Waals surface area contributed by atoms with Crippen LogP contribution in [-0.2, 0) is 18.0 Å². The van der Waals surface area contributed by atoms with Gasteiger partial charge < -0.3 is 18.0 Å². The molecule has 0 aromatic rings. The predicted molar refractivity (Wildman–Crippen MR) is 69.0 cm³/mol. The first-order chi connectivity index (χ1) is 8.02. The molecule has 5 heteroatoms. The van der Waals surface area contributed by atoms with Crippen molar-refractivity contribution in [3.63, 3.8) is 0 Å². The first-order valence-corrected chi connectivity index (χ1v) is 8.78. The Bertz CT molecular complexity index is 219. The van der Waals surface area contributed by atoms with E-state index in [-0.39, 0.29) is 11.5 Å². The number of hydrogen-bond acceptors (Lipinski definition) is 4. The van der Waals surface area contributed by atoms with E-state index < -0.39 is 8.80 Å². The second-order valence-electron chi connectivity index (χ2n) is 4.70. The second kappa shape index (κ2) is 6.29. The van der Waals surface area contributed by atoms with Gasteiger partial charge in [-0.3, -0.25) is 0 Å². The molecule has 1 saturated heterocycles. The van der Waals surface area contributed by atoms with E-state index in [4.69, 9.17) is 18.0 Å². The van der Waals surface area contributed by atoms with Gasteiger partial charge in [-0.05, 0) is 27.2 Å². The lowest BCUT2D eigenvalue weighted by molar-refractivity contribution is -0.172. The predicted octanol–water partition coefficient (Wildman–Crippen LogP) is 2.46. The third kappa shape index (κ3) is 3.51. The highest BCUT2D eigenvalue weighted by atomic mass is 28.4. The fourth-order valence-corrected chi connectivity index (χ4v) is 4.33. The SMILES string of the molecule is CCO[Si](C)(OCC)OC(C)C1(CC)COC1.